The lowest BCUT2D eigenvalue weighted by Crippen LogP contribution is -2.12. The number of fused-ring (bicyclic) bond motifs is 2. The lowest BCUT2D eigenvalue weighted by atomic mass is 9.93. The highest BCUT2D eigenvalue weighted by atomic mass is 19.2. The van der Waals surface area contributed by atoms with Crippen LogP contribution in [0.2, 0.25) is 0 Å². The van der Waals surface area contributed by atoms with Crippen molar-refractivity contribution in [1.29, 1.82) is 0 Å². The van der Waals surface area contributed by atoms with Gasteiger partial charge in [-0.05, 0) is 95.1 Å². The smallest absolute Gasteiger partial charge is 0.346 e. The molecule has 0 atom stereocenters. The Labute approximate surface area is 222 Å². The second-order valence-electron chi connectivity index (χ2n) is 8.89. The van der Waals surface area contributed by atoms with E-state index in [4.69, 9.17) is 9.47 Å². The van der Waals surface area contributed by atoms with Crippen molar-refractivity contribution in [2.24, 2.45) is 0 Å². The van der Waals surface area contributed by atoms with Crippen molar-refractivity contribution < 1.29 is 45.4 Å². The third kappa shape index (κ3) is 4.51. The normalized spacial score (nSPS) is 11.2. The molecule has 10 heteroatoms. The van der Waals surface area contributed by atoms with E-state index >= 15 is 0 Å². The number of hydrogen-bond acceptors (Lipinski definition) is 4. The van der Waals surface area contributed by atoms with Gasteiger partial charge in [-0.1, -0.05) is 12.1 Å². The van der Waals surface area contributed by atoms with Crippen LogP contribution in [0.3, 0.4) is 0 Å². The van der Waals surface area contributed by atoms with E-state index in [1.54, 1.807) is 19.1 Å². The van der Waals surface area contributed by atoms with E-state index in [1.165, 1.54) is 24.3 Å². The van der Waals surface area contributed by atoms with Crippen molar-refractivity contribution >= 4 is 33.5 Å². The zero-order valence-electron chi connectivity index (χ0n) is 20.7. The number of ether oxygens (including phenoxy) is 2. The van der Waals surface area contributed by atoms with Crippen molar-refractivity contribution in [3.05, 3.63) is 118 Å². The van der Waals surface area contributed by atoms with Gasteiger partial charge in [-0.25, -0.2) is 35.9 Å². The van der Waals surface area contributed by atoms with Crippen LogP contribution < -0.4 is 9.47 Å². The first-order valence-electron chi connectivity index (χ1n) is 11.7. The van der Waals surface area contributed by atoms with Crippen molar-refractivity contribution in [1.82, 2.24) is 0 Å². The molecule has 0 unspecified atom stereocenters. The van der Waals surface area contributed by atoms with E-state index in [0.717, 1.165) is 28.5 Å². The predicted molar refractivity (Wildman–Crippen MR) is 133 cm³/mol. The summed E-state index contributed by atoms with van der Waals surface area (Å²) in [7, 11) is 0. The Morgan fingerprint density at radius 2 is 0.875 bits per heavy atom. The van der Waals surface area contributed by atoms with Crippen LogP contribution in [0.1, 0.15) is 31.8 Å². The molecule has 0 heterocycles. The number of halogens is 6. The summed E-state index contributed by atoms with van der Waals surface area (Å²) in [5.74, 6) is -12.3. The summed E-state index contributed by atoms with van der Waals surface area (Å²) in [5.41, 5.74) is -0.0993. The molecule has 0 amide bonds. The van der Waals surface area contributed by atoms with Crippen molar-refractivity contribution in [2.45, 2.75) is 13.8 Å². The van der Waals surface area contributed by atoms with Crippen molar-refractivity contribution in [3.63, 3.8) is 0 Å². The first-order chi connectivity index (χ1) is 19.0. The van der Waals surface area contributed by atoms with Crippen LogP contribution in [0.15, 0.2) is 60.7 Å². The van der Waals surface area contributed by atoms with Crippen LogP contribution in [0.25, 0.3) is 21.5 Å². The first-order valence-corrected chi connectivity index (χ1v) is 11.7. The molecule has 0 radical (unpaired) electrons. The molecule has 0 aliphatic rings. The van der Waals surface area contributed by atoms with Crippen LogP contribution in [-0.4, -0.2) is 11.9 Å². The summed E-state index contributed by atoms with van der Waals surface area (Å²) in [5, 5.41) is 2.77. The average molecular weight is 554 g/mol. The van der Waals surface area contributed by atoms with E-state index in [9.17, 15) is 35.9 Å². The van der Waals surface area contributed by atoms with Crippen LogP contribution in [0, 0.1) is 48.8 Å². The molecule has 202 valence electrons. The number of rotatable bonds is 4. The Balaban J connectivity index is 1.51. The highest BCUT2D eigenvalue weighted by Gasteiger charge is 2.22. The lowest BCUT2D eigenvalue weighted by Gasteiger charge is -2.15. The third-order valence-electron chi connectivity index (χ3n) is 6.53. The number of hydrogen-bond donors (Lipinski definition) is 0. The van der Waals surface area contributed by atoms with E-state index in [-0.39, 0.29) is 11.5 Å². The van der Waals surface area contributed by atoms with Gasteiger partial charge in [0.15, 0.2) is 34.9 Å². The Bertz CT molecular complexity index is 1750. The number of carbonyl (C=O) groups excluding carboxylic acids is 2. The Morgan fingerprint density at radius 3 is 1.27 bits per heavy atom. The van der Waals surface area contributed by atoms with Crippen molar-refractivity contribution in [3.8, 4) is 11.5 Å². The van der Waals surface area contributed by atoms with Gasteiger partial charge in [-0.2, -0.15) is 0 Å². The fourth-order valence-corrected chi connectivity index (χ4v) is 4.43. The Hall–Kier alpha value is -4.86. The average Bonchev–Trinajstić information content (AvgIpc) is 2.93. The van der Waals surface area contributed by atoms with Gasteiger partial charge in [0.25, 0.3) is 0 Å². The number of carbonyl (C=O) groups is 2. The summed E-state index contributed by atoms with van der Waals surface area (Å²) < 4.78 is 92.1. The summed E-state index contributed by atoms with van der Waals surface area (Å²) in [4.78, 5) is 24.9. The largest absolute Gasteiger partial charge is 0.423 e. The van der Waals surface area contributed by atoms with E-state index in [2.05, 4.69) is 0 Å². The van der Waals surface area contributed by atoms with Crippen LogP contribution in [0.4, 0.5) is 26.3 Å². The van der Waals surface area contributed by atoms with Gasteiger partial charge < -0.3 is 9.47 Å². The van der Waals surface area contributed by atoms with E-state index in [0.29, 0.717) is 28.5 Å². The molecule has 5 aromatic carbocycles. The molecule has 4 nitrogen and oxygen atoms in total. The summed E-state index contributed by atoms with van der Waals surface area (Å²) >= 11 is 0. The maximum atomic E-state index is 14.0. The van der Waals surface area contributed by atoms with Gasteiger partial charge in [-0.3, -0.25) is 0 Å². The molecule has 0 N–H and O–H groups in total. The summed E-state index contributed by atoms with van der Waals surface area (Å²) in [6.07, 6.45) is 0. The standard InChI is InChI=1S/C30H16F6O4/c1-13-17-5-3-15(39-29(37)19-7-9-23(31)27(35)25(19)33)11-21(17)14(2)22-12-16(4-6-18(13)22)40-30(38)20-8-10-24(32)28(36)26(20)34/h3-12H,1-2H3. The summed E-state index contributed by atoms with van der Waals surface area (Å²) in [6.45, 7) is 3.57. The fourth-order valence-electron chi connectivity index (χ4n) is 4.43. The zero-order valence-corrected chi connectivity index (χ0v) is 20.7. The second kappa shape index (κ2) is 10.0. The van der Waals surface area contributed by atoms with E-state index in [1.807, 2.05) is 6.92 Å². The molecule has 0 spiro atoms. The maximum Gasteiger partial charge on any atom is 0.346 e. The Kier molecular flexibility index (Phi) is 6.70. The van der Waals surface area contributed by atoms with Gasteiger partial charge in [0.2, 0.25) is 0 Å². The fraction of sp³-hybridized carbons (Fsp3) is 0.0667. The number of benzene rings is 5. The molecule has 5 rings (SSSR count). The molecule has 0 fully saturated rings. The highest BCUT2D eigenvalue weighted by Crippen LogP contribution is 2.36. The van der Waals surface area contributed by atoms with Gasteiger partial charge in [0.1, 0.15) is 11.5 Å². The molecule has 40 heavy (non-hydrogen) atoms. The molecule has 0 saturated heterocycles. The molecule has 5 aromatic rings. The van der Waals surface area contributed by atoms with Crippen LogP contribution >= 0.6 is 0 Å². The van der Waals surface area contributed by atoms with Gasteiger partial charge >= 0.3 is 11.9 Å². The van der Waals surface area contributed by atoms with Crippen LogP contribution in [0.5, 0.6) is 11.5 Å². The molecule has 0 bridgehead atoms. The first kappa shape index (κ1) is 26.7. The molecular formula is C30H16F6O4. The quantitative estimate of drug-likeness (QED) is 0.0746. The molecule has 0 aliphatic heterocycles. The second-order valence-corrected chi connectivity index (χ2v) is 8.89. The third-order valence-corrected chi connectivity index (χ3v) is 6.53. The molecule has 0 saturated carbocycles. The number of aryl methyl sites for hydroxylation is 2. The van der Waals surface area contributed by atoms with Crippen LogP contribution in [-0.2, 0) is 0 Å². The monoisotopic (exact) mass is 554 g/mol. The Morgan fingerprint density at radius 1 is 0.500 bits per heavy atom. The lowest BCUT2D eigenvalue weighted by molar-refractivity contribution is 0.0718. The minimum atomic E-state index is -1.80. The highest BCUT2D eigenvalue weighted by molar-refractivity contribution is 6.06. The molecule has 0 aliphatic carbocycles. The van der Waals surface area contributed by atoms with Gasteiger partial charge in [0.05, 0.1) is 11.1 Å². The van der Waals surface area contributed by atoms with Gasteiger partial charge in [0, 0.05) is 0 Å². The SMILES string of the molecule is Cc1c2ccc(OC(=O)c3ccc(F)c(F)c3F)cc2c(C)c2cc(OC(=O)c3ccc(F)c(F)c3F)ccc12. The maximum absolute atomic E-state index is 14.0. The molecule has 0 aromatic heterocycles. The van der Waals surface area contributed by atoms with Gasteiger partial charge in [-0.15, -0.1) is 0 Å². The van der Waals surface area contributed by atoms with E-state index < -0.39 is 58.0 Å². The minimum Gasteiger partial charge on any atom is -0.423 e. The molecular weight excluding hydrogens is 538 g/mol. The number of esters is 2. The zero-order chi connectivity index (χ0) is 28.9. The van der Waals surface area contributed by atoms with Crippen molar-refractivity contribution in [2.75, 3.05) is 0 Å². The predicted octanol–water partition coefficient (Wildman–Crippen LogP) is 7.88. The summed E-state index contributed by atoms with van der Waals surface area (Å²) in [6, 6.07) is 12.0. The topological polar surface area (TPSA) is 52.6 Å². The minimum absolute atomic E-state index is 0.000114.